The van der Waals surface area contributed by atoms with Gasteiger partial charge in [-0.2, -0.15) is 5.10 Å². The summed E-state index contributed by atoms with van der Waals surface area (Å²) < 4.78 is 9.08. The zero-order valence-electron chi connectivity index (χ0n) is 17.4. The zero-order chi connectivity index (χ0) is 22.0. The van der Waals surface area contributed by atoms with E-state index in [2.05, 4.69) is 15.4 Å². The quantitative estimate of drug-likeness (QED) is 0.425. The Morgan fingerprint density at radius 2 is 2.23 bits per heavy atom. The van der Waals surface area contributed by atoms with Crippen LogP contribution in [0.25, 0.3) is 10.9 Å². The highest BCUT2D eigenvalue weighted by atomic mass is 35.5. The maximum absolute atomic E-state index is 13.2. The number of fused-ring (bicyclic) bond motifs is 1. The molecule has 31 heavy (non-hydrogen) atoms. The number of nitrogens with zero attached hydrogens (tertiary/aromatic N) is 4. The first-order chi connectivity index (χ1) is 14.9. The Bertz CT molecular complexity index is 1150. The van der Waals surface area contributed by atoms with Crippen LogP contribution in [0, 0.1) is 0 Å². The molecule has 0 radical (unpaired) electrons. The zero-order valence-corrected chi connectivity index (χ0v) is 18.9. The fraction of sp³-hybridized carbons (Fsp3) is 0.429. The second-order valence-electron chi connectivity index (χ2n) is 7.70. The SMILES string of the molecule is CC(C)n1nccc1NC(=O)CSc1nc2cc(Cl)ccc2c(=O)n1CC1CCCO1. The largest absolute Gasteiger partial charge is 0.376 e. The number of hydrogen-bond donors (Lipinski definition) is 1. The molecule has 1 aliphatic heterocycles. The summed E-state index contributed by atoms with van der Waals surface area (Å²) in [4.78, 5) is 30.4. The van der Waals surface area contributed by atoms with E-state index in [-0.39, 0.29) is 29.4 Å². The van der Waals surface area contributed by atoms with E-state index >= 15 is 0 Å². The van der Waals surface area contributed by atoms with E-state index in [9.17, 15) is 9.59 Å². The molecule has 1 amide bonds. The van der Waals surface area contributed by atoms with Gasteiger partial charge in [0, 0.05) is 23.7 Å². The van der Waals surface area contributed by atoms with Crippen LogP contribution in [0.1, 0.15) is 32.7 Å². The summed E-state index contributed by atoms with van der Waals surface area (Å²) >= 11 is 7.32. The van der Waals surface area contributed by atoms with Crippen LogP contribution in [0.4, 0.5) is 5.82 Å². The van der Waals surface area contributed by atoms with Gasteiger partial charge in [-0.25, -0.2) is 9.67 Å². The van der Waals surface area contributed by atoms with Gasteiger partial charge >= 0.3 is 0 Å². The normalized spacial score (nSPS) is 16.3. The van der Waals surface area contributed by atoms with Crippen molar-refractivity contribution in [3.63, 3.8) is 0 Å². The van der Waals surface area contributed by atoms with E-state index in [1.54, 1.807) is 39.7 Å². The Morgan fingerprint density at radius 3 is 2.97 bits per heavy atom. The van der Waals surface area contributed by atoms with E-state index in [1.165, 1.54) is 11.8 Å². The number of thioether (sulfide) groups is 1. The van der Waals surface area contributed by atoms with Crippen molar-refractivity contribution in [2.75, 3.05) is 17.7 Å². The molecule has 0 aliphatic carbocycles. The molecule has 8 nitrogen and oxygen atoms in total. The van der Waals surface area contributed by atoms with Gasteiger partial charge < -0.3 is 10.1 Å². The Labute approximate surface area is 188 Å². The number of rotatable bonds is 7. The fourth-order valence-corrected chi connectivity index (χ4v) is 4.55. The lowest BCUT2D eigenvalue weighted by atomic mass is 10.2. The summed E-state index contributed by atoms with van der Waals surface area (Å²) in [5, 5.41) is 8.58. The van der Waals surface area contributed by atoms with Crippen molar-refractivity contribution in [1.82, 2.24) is 19.3 Å². The summed E-state index contributed by atoms with van der Waals surface area (Å²) in [6.45, 7) is 5.09. The second-order valence-corrected chi connectivity index (χ2v) is 9.08. The van der Waals surface area contributed by atoms with Crippen LogP contribution in [0.5, 0.6) is 0 Å². The topological polar surface area (TPSA) is 91.0 Å². The molecule has 1 fully saturated rings. The lowest BCUT2D eigenvalue weighted by Gasteiger charge is -2.16. The number of anilines is 1. The van der Waals surface area contributed by atoms with Crippen molar-refractivity contribution in [3.8, 4) is 0 Å². The van der Waals surface area contributed by atoms with E-state index < -0.39 is 0 Å². The van der Waals surface area contributed by atoms with Gasteiger partial charge in [0.1, 0.15) is 5.82 Å². The van der Waals surface area contributed by atoms with Crippen LogP contribution < -0.4 is 10.9 Å². The monoisotopic (exact) mass is 461 g/mol. The van der Waals surface area contributed by atoms with E-state index in [0.717, 1.165) is 12.8 Å². The van der Waals surface area contributed by atoms with Crippen molar-refractivity contribution in [1.29, 1.82) is 0 Å². The molecule has 164 valence electrons. The third-order valence-electron chi connectivity index (χ3n) is 5.05. The average Bonchev–Trinajstić information content (AvgIpc) is 3.40. The molecule has 2 aromatic heterocycles. The fourth-order valence-electron chi connectivity index (χ4n) is 3.57. The number of carbonyl (C=O) groups excluding carboxylic acids is 1. The second kappa shape index (κ2) is 9.42. The Balaban J connectivity index is 1.58. The molecule has 1 saturated heterocycles. The van der Waals surface area contributed by atoms with Crippen LogP contribution >= 0.6 is 23.4 Å². The smallest absolute Gasteiger partial charge is 0.262 e. The van der Waals surface area contributed by atoms with Crippen LogP contribution in [0.3, 0.4) is 0 Å². The highest BCUT2D eigenvalue weighted by molar-refractivity contribution is 7.99. The Hall–Kier alpha value is -2.36. The number of ether oxygens (including phenoxy) is 1. The number of amides is 1. The van der Waals surface area contributed by atoms with Crippen LogP contribution in [-0.2, 0) is 16.1 Å². The lowest BCUT2D eigenvalue weighted by Crippen LogP contribution is -2.29. The minimum Gasteiger partial charge on any atom is -0.376 e. The molecular formula is C21H24ClN5O3S. The molecule has 3 heterocycles. The van der Waals surface area contributed by atoms with E-state index in [1.807, 2.05) is 13.8 Å². The maximum atomic E-state index is 13.2. The molecule has 0 saturated carbocycles. The predicted octanol–water partition coefficient (Wildman–Crippen LogP) is 3.74. The molecule has 3 aromatic rings. The van der Waals surface area contributed by atoms with Crippen molar-refractivity contribution < 1.29 is 9.53 Å². The van der Waals surface area contributed by atoms with Gasteiger partial charge in [-0.05, 0) is 44.9 Å². The number of benzene rings is 1. The summed E-state index contributed by atoms with van der Waals surface area (Å²) in [5.41, 5.74) is 0.361. The van der Waals surface area contributed by atoms with Gasteiger partial charge in [0.05, 0.1) is 35.5 Å². The first-order valence-corrected chi connectivity index (χ1v) is 11.6. The number of nitrogens with one attached hydrogen (secondary N) is 1. The van der Waals surface area contributed by atoms with Gasteiger partial charge in [0.2, 0.25) is 5.91 Å². The number of halogens is 1. The van der Waals surface area contributed by atoms with Gasteiger partial charge in [-0.15, -0.1) is 0 Å². The molecule has 0 bridgehead atoms. The minimum absolute atomic E-state index is 0.0298. The number of aromatic nitrogens is 4. The first kappa shape index (κ1) is 21.9. The molecule has 0 spiro atoms. The number of hydrogen-bond acceptors (Lipinski definition) is 6. The molecule has 1 N–H and O–H groups in total. The van der Waals surface area contributed by atoms with E-state index in [0.29, 0.717) is 40.1 Å². The van der Waals surface area contributed by atoms with Crippen LogP contribution in [-0.4, -0.2) is 43.7 Å². The summed E-state index contributed by atoms with van der Waals surface area (Å²) in [6.07, 6.45) is 3.49. The highest BCUT2D eigenvalue weighted by Crippen LogP contribution is 2.23. The third-order valence-corrected chi connectivity index (χ3v) is 6.26. The average molecular weight is 462 g/mol. The van der Waals surface area contributed by atoms with Crippen molar-refractivity contribution >= 4 is 46.0 Å². The Morgan fingerprint density at radius 1 is 1.39 bits per heavy atom. The van der Waals surface area contributed by atoms with Crippen molar-refractivity contribution in [2.24, 2.45) is 0 Å². The molecule has 1 aliphatic rings. The predicted molar refractivity (Wildman–Crippen MR) is 122 cm³/mol. The standard InChI is InChI=1S/C21H24ClN5O3S/c1-13(2)27-18(7-8-23-27)25-19(28)12-31-21-24-17-10-14(22)5-6-16(17)20(29)26(21)11-15-4-3-9-30-15/h5-8,10,13,15H,3-4,9,11-12H2,1-2H3,(H,25,28). The maximum Gasteiger partial charge on any atom is 0.262 e. The molecule has 1 unspecified atom stereocenters. The van der Waals surface area contributed by atoms with Crippen molar-refractivity contribution in [2.45, 2.75) is 50.5 Å². The molecule has 1 aromatic carbocycles. The molecule has 1 atom stereocenters. The van der Waals surface area contributed by atoms with Gasteiger partial charge in [-0.3, -0.25) is 14.2 Å². The summed E-state index contributed by atoms with van der Waals surface area (Å²) in [6, 6.07) is 6.92. The van der Waals surface area contributed by atoms with Gasteiger partial charge in [0.25, 0.3) is 5.56 Å². The summed E-state index contributed by atoms with van der Waals surface area (Å²) in [7, 11) is 0. The third kappa shape index (κ3) is 4.94. The lowest BCUT2D eigenvalue weighted by molar-refractivity contribution is -0.113. The van der Waals surface area contributed by atoms with Gasteiger partial charge in [-0.1, -0.05) is 23.4 Å². The summed E-state index contributed by atoms with van der Waals surface area (Å²) in [5.74, 6) is 0.542. The van der Waals surface area contributed by atoms with Crippen molar-refractivity contribution in [3.05, 3.63) is 45.8 Å². The van der Waals surface area contributed by atoms with Crippen LogP contribution in [0.2, 0.25) is 5.02 Å². The Kier molecular flexibility index (Phi) is 6.64. The highest BCUT2D eigenvalue weighted by Gasteiger charge is 2.21. The van der Waals surface area contributed by atoms with Gasteiger partial charge in [0.15, 0.2) is 5.16 Å². The number of carbonyl (C=O) groups is 1. The molecule has 10 heteroatoms. The van der Waals surface area contributed by atoms with E-state index in [4.69, 9.17) is 16.3 Å². The first-order valence-electron chi connectivity index (χ1n) is 10.2. The molecule has 4 rings (SSSR count). The molecular weight excluding hydrogens is 438 g/mol. The minimum atomic E-state index is -0.198. The van der Waals surface area contributed by atoms with Crippen LogP contribution in [0.15, 0.2) is 40.4 Å².